The number of carbonyl (C=O) groups is 1. The molecule has 0 aliphatic carbocycles. The van der Waals surface area contributed by atoms with E-state index >= 15 is 0 Å². The molecule has 1 aromatic carbocycles. The summed E-state index contributed by atoms with van der Waals surface area (Å²) < 4.78 is 26.7. The van der Waals surface area contributed by atoms with Gasteiger partial charge in [0.2, 0.25) is 10.0 Å². The van der Waals surface area contributed by atoms with Crippen molar-refractivity contribution in [3.63, 3.8) is 0 Å². The van der Waals surface area contributed by atoms with Gasteiger partial charge in [0.25, 0.3) is 5.91 Å². The van der Waals surface area contributed by atoms with Gasteiger partial charge in [0.05, 0.1) is 10.4 Å². The summed E-state index contributed by atoms with van der Waals surface area (Å²) in [6.07, 6.45) is 0. The molecule has 1 fully saturated rings. The second kappa shape index (κ2) is 6.38. The van der Waals surface area contributed by atoms with E-state index in [1.165, 1.54) is 15.6 Å². The number of hydrogen-bond acceptors (Lipinski definition) is 5. The first kappa shape index (κ1) is 16.1. The Hall–Kier alpha value is -1.77. The molecular weight excluding hydrogens is 334 g/mol. The Labute approximate surface area is 139 Å². The first-order chi connectivity index (χ1) is 11.0. The van der Waals surface area contributed by atoms with Crippen molar-refractivity contribution in [3.8, 4) is 0 Å². The quantitative estimate of drug-likeness (QED) is 0.842. The van der Waals surface area contributed by atoms with Gasteiger partial charge < -0.3 is 4.90 Å². The average molecular weight is 351 g/mol. The number of nitrogens with zero attached hydrogens (tertiary/aromatic N) is 3. The fourth-order valence-corrected chi connectivity index (χ4v) is 4.59. The van der Waals surface area contributed by atoms with Crippen LogP contribution in [0.15, 0.2) is 40.1 Å². The minimum atomic E-state index is -3.51. The Bertz CT molecular complexity index is 795. The lowest BCUT2D eigenvalue weighted by atomic mass is 10.2. The van der Waals surface area contributed by atoms with Crippen molar-refractivity contribution < 1.29 is 13.2 Å². The lowest BCUT2D eigenvalue weighted by Gasteiger charge is -2.33. The van der Waals surface area contributed by atoms with Crippen LogP contribution in [0.25, 0.3) is 0 Å². The maximum absolute atomic E-state index is 12.7. The molecule has 0 atom stereocenters. The standard InChI is InChI=1S/C15H17N3O3S2/c1-12-3-2-4-13(9-12)23(20,21)18-7-5-17(6-8-18)15(19)14-10-22-11-16-14/h2-4,9-11H,5-8H2,1H3. The van der Waals surface area contributed by atoms with Crippen LogP contribution in [0.5, 0.6) is 0 Å². The van der Waals surface area contributed by atoms with Crippen molar-refractivity contribution in [2.24, 2.45) is 0 Å². The molecule has 2 aromatic rings. The summed E-state index contributed by atoms with van der Waals surface area (Å²) in [6, 6.07) is 6.88. The van der Waals surface area contributed by atoms with Gasteiger partial charge in [-0.05, 0) is 24.6 Å². The summed E-state index contributed by atoms with van der Waals surface area (Å²) in [5, 5.41) is 1.71. The molecule has 3 rings (SSSR count). The van der Waals surface area contributed by atoms with Gasteiger partial charge in [0.1, 0.15) is 5.69 Å². The summed E-state index contributed by atoms with van der Waals surface area (Å²) in [5.41, 5.74) is 2.94. The van der Waals surface area contributed by atoms with Gasteiger partial charge in [-0.1, -0.05) is 12.1 Å². The topological polar surface area (TPSA) is 70.6 Å². The van der Waals surface area contributed by atoms with E-state index in [1.807, 2.05) is 13.0 Å². The fourth-order valence-electron chi connectivity index (χ4n) is 2.54. The molecule has 1 aromatic heterocycles. The molecule has 0 N–H and O–H groups in total. The molecule has 0 unspecified atom stereocenters. The van der Waals surface area contributed by atoms with Crippen LogP contribution >= 0.6 is 11.3 Å². The summed E-state index contributed by atoms with van der Waals surface area (Å²) in [4.78, 5) is 18.2. The second-order valence-electron chi connectivity index (χ2n) is 5.39. The molecule has 0 saturated carbocycles. The van der Waals surface area contributed by atoms with Gasteiger partial charge in [-0.2, -0.15) is 4.31 Å². The van der Waals surface area contributed by atoms with Crippen molar-refractivity contribution >= 4 is 27.3 Å². The molecule has 122 valence electrons. The molecule has 0 spiro atoms. The average Bonchev–Trinajstić information content (AvgIpc) is 3.09. The van der Waals surface area contributed by atoms with Crippen LogP contribution in [0.3, 0.4) is 0 Å². The first-order valence-electron chi connectivity index (χ1n) is 7.23. The third kappa shape index (κ3) is 3.29. The minimum absolute atomic E-state index is 0.140. The lowest BCUT2D eigenvalue weighted by Crippen LogP contribution is -2.50. The van der Waals surface area contributed by atoms with E-state index in [-0.39, 0.29) is 5.91 Å². The summed E-state index contributed by atoms with van der Waals surface area (Å²) in [6.45, 7) is 3.21. The van der Waals surface area contributed by atoms with Crippen molar-refractivity contribution in [2.75, 3.05) is 26.2 Å². The maximum atomic E-state index is 12.7. The Morgan fingerprint density at radius 1 is 1.22 bits per heavy atom. The van der Waals surface area contributed by atoms with Crippen LogP contribution in [-0.4, -0.2) is 54.7 Å². The minimum Gasteiger partial charge on any atom is -0.335 e. The van der Waals surface area contributed by atoms with Gasteiger partial charge in [0.15, 0.2) is 0 Å². The molecule has 1 aliphatic rings. The largest absolute Gasteiger partial charge is 0.335 e. The number of amides is 1. The van der Waals surface area contributed by atoms with E-state index in [0.717, 1.165) is 5.56 Å². The van der Waals surface area contributed by atoms with E-state index in [4.69, 9.17) is 0 Å². The summed E-state index contributed by atoms with van der Waals surface area (Å²) in [5.74, 6) is -0.140. The third-order valence-electron chi connectivity index (χ3n) is 3.80. The van der Waals surface area contributed by atoms with E-state index in [0.29, 0.717) is 36.8 Å². The van der Waals surface area contributed by atoms with Gasteiger partial charge >= 0.3 is 0 Å². The zero-order chi connectivity index (χ0) is 16.4. The second-order valence-corrected chi connectivity index (χ2v) is 8.04. The highest BCUT2D eigenvalue weighted by Gasteiger charge is 2.30. The zero-order valence-corrected chi connectivity index (χ0v) is 14.3. The number of aromatic nitrogens is 1. The third-order valence-corrected chi connectivity index (χ3v) is 6.29. The molecule has 2 heterocycles. The summed E-state index contributed by atoms with van der Waals surface area (Å²) >= 11 is 1.37. The number of piperazine rings is 1. The van der Waals surface area contributed by atoms with Crippen molar-refractivity contribution in [3.05, 3.63) is 46.4 Å². The van der Waals surface area contributed by atoms with Crippen molar-refractivity contribution in [1.29, 1.82) is 0 Å². The highest BCUT2D eigenvalue weighted by Crippen LogP contribution is 2.19. The smallest absolute Gasteiger partial charge is 0.273 e. The first-order valence-corrected chi connectivity index (χ1v) is 9.61. The van der Waals surface area contributed by atoms with Crippen LogP contribution in [0.2, 0.25) is 0 Å². The number of carbonyl (C=O) groups excluding carboxylic acids is 1. The maximum Gasteiger partial charge on any atom is 0.273 e. The molecule has 8 heteroatoms. The van der Waals surface area contributed by atoms with Crippen LogP contribution in [0.1, 0.15) is 16.1 Å². The highest BCUT2D eigenvalue weighted by atomic mass is 32.2. The van der Waals surface area contributed by atoms with Gasteiger partial charge in [0, 0.05) is 31.6 Å². The van der Waals surface area contributed by atoms with Crippen LogP contribution < -0.4 is 0 Å². The Kier molecular flexibility index (Phi) is 4.47. The van der Waals surface area contributed by atoms with E-state index in [2.05, 4.69) is 4.98 Å². The monoisotopic (exact) mass is 351 g/mol. The number of sulfonamides is 1. The van der Waals surface area contributed by atoms with E-state index in [9.17, 15) is 13.2 Å². The molecule has 23 heavy (non-hydrogen) atoms. The fraction of sp³-hybridized carbons (Fsp3) is 0.333. The highest BCUT2D eigenvalue weighted by molar-refractivity contribution is 7.89. The molecular formula is C15H17N3O3S2. The van der Waals surface area contributed by atoms with E-state index < -0.39 is 10.0 Å². The molecule has 1 saturated heterocycles. The molecule has 0 radical (unpaired) electrons. The van der Waals surface area contributed by atoms with E-state index in [1.54, 1.807) is 34.0 Å². The SMILES string of the molecule is Cc1cccc(S(=O)(=O)N2CCN(C(=O)c3cscn3)CC2)c1. The Balaban J connectivity index is 1.70. The zero-order valence-electron chi connectivity index (χ0n) is 12.7. The van der Waals surface area contributed by atoms with Crippen molar-refractivity contribution in [2.45, 2.75) is 11.8 Å². The van der Waals surface area contributed by atoms with Crippen LogP contribution in [0, 0.1) is 6.92 Å². The number of thiazole rings is 1. The van der Waals surface area contributed by atoms with Gasteiger partial charge in [-0.25, -0.2) is 13.4 Å². The molecule has 6 nitrogen and oxygen atoms in total. The number of hydrogen-bond donors (Lipinski definition) is 0. The van der Waals surface area contributed by atoms with Crippen LogP contribution in [-0.2, 0) is 10.0 Å². The van der Waals surface area contributed by atoms with Gasteiger partial charge in [-0.15, -0.1) is 11.3 Å². The molecule has 1 amide bonds. The predicted molar refractivity (Wildman–Crippen MR) is 88.0 cm³/mol. The Morgan fingerprint density at radius 2 is 1.96 bits per heavy atom. The number of aryl methyl sites for hydroxylation is 1. The van der Waals surface area contributed by atoms with Crippen molar-refractivity contribution in [1.82, 2.24) is 14.2 Å². The van der Waals surface area contributed by atoms with Gasteiger partial charge in [-0.3, -0.25) is 4.79 Å². The van der Waals surface area contributed by atoms with Crippen LogP contribution in [0.4, 0.5) is 0 Å². The lowest BCUT2D eigenvalue weighted by molar-refractivity contribution is 0.0693. The number of rotatable bonds is 3. The Morgan fingerprint density at radius 3 is 2.57 bits per heavy atom. The molecule has 0 bridgehead atoms. The predicted octanol–water partition coefficient (Wildman–Crippen LogP) is 1.60. The molecule has 1 aliphatic heterocycles. The number of benzene rings is 1. The summed E-state index contributed by atoms with van der Waals surface area (Å²) in [7, 11) is -3.51. The normalized spacial score (nSPS) is 16.5.